The van der Waals surface area contributed by atoms with E-state index in [9.17, 15) is 4.79 Å². The number of carbonyl (C=O) groups excluding carboxylic acids is 1. The Balaban J connectivity index is 3.17. The average Bonchev–Trinajstić information content (AvgIpc) is 2.32. The minimum absolute atomic E-state index is 0.00198. The molecule has 0 aliphatic heterocycles. The summed E-state index contributed by atoms with van der Waals surface area (Å²) in [4.78, 5) is 11.3. The molecule has 1 aromatic heterocycles. The van der Waals surface area contributed by atoms with Crippen LogP contribution in [0.1, 0.15) is 21.7 Å². The van der Waals surface area contributed by atoms with E-state index >= 15 is 0 Å². The molecule has 1 rings (SSSR count). The van der Waals surface area contributed by atoms with E-state index in [-0.39, 0.29) is 11.7 Å². The summed E-state index contributed by atoms with van der Waals surface area (Å²) >= 11 is 5.46. The molecule has 0 amide bonds. The number of aromatic nitrogens is 1. The lowest BCUT2D eigenvalue weighted by molar-refractivity contribution is 0.102. The molecule has 12 heavy (non-hydrogen) atoms. The minimum Gasteiger partial charge on any atom is -0.351 e. The standard InChI is InChI=1S/C9H12ClNO/c1-6-4-8(9(12)5-10)7(2)11(6)3/h4H,5H2,1-3H3. The van der Waals surface area contributed by atoms with E-state index in [1.165, 1.54) is 0 Å². The molecule has 0 saturated heterocycles. The van der Waals surface area contributed by atoms with Gasteiger partial charge in [0.05, 0.1) is 5.88 Å². The zero-order chi connectivity index (χ0) is 9.30. The SMILES string of the molecule is Cc1cc(C(=O)CCl)c(C)n1C. The first-order valence-electron chi connectivity index (χ1n) is 3.80. The molecule has 0 N–H and O–H groups in total. The summed E-state index contributed by atoms with van der Waals surface area (Å²) in [5.41, 5.74) is 2.81. The van der Waals surface area contributed by atoms with Crippen LogP contribution in [0.5, 0.6) is 0 Å². The first kappa shape index (κ1) is 9.33. The molecule has 1 aromatic rings. The number of aryl methyl sites for hydroxylation is 1. The quantitative estimate of drug-likeness (QED) is 0.511. The third kappa shape index (κ3) is 1.39. The maximum absolute atomic E-state index is 11.3. The fourth-order valence-electron chi connectivity index (χ4n) is 1.21. The Morgan fingerprint density at radius 2 is 2.17 bits per heavy atom. The lowest BCUT2D eigenvalue weighted by Gasteiger charge is -1.99. The monoisotopic (exact) mass is 185 g/mol. The Labute approximate surface area is 77.1 Å². The van der Waals surface area contributed by atoms with Crippen molar-refractivity contribution in [2.75, 3.05) is 5.88 Å². The van der Waals surface area contributed by atoms with Crippen LogP contribution in [0.2, 0.25) is 0 Å². The molecule has 66 valence electrons. The number of hydrogen-bond acceptors (Lipinski definition) is 1. The van der Waals surface area contributed by atoms with E-state index in [0.29, 0.717) is 0 Å². The summed E-state index contributed by atoms with van der Waals surface area (Å²) in [7, 11) is 1.94. The molecule has 2 nitrogen and oxygen atoms in total. The van der Waals surface area contributed by atoms with Crippen LogP contribution in [0.25, 0.3) is 0 Å². The molecule has 0 unspecified atom stereocenters. The normalized spacial score (nSPS) is 10.3. The van der Waals surface area contributed by atoms with Gasteiger partial charge in [-0.05, 0) is 19.9 Å². The Kier molecular flexibility index (Phi) is 2.58. The van der Waals surface area contributed by atoms with Crippen LogP contribution in [-0.4, -0.2) is 16.2 Å². The van der Waals surface area contributed by atoms with Gasteiger partial charge >= 0.3 is 0 Å². The molecule has 1 heterocycles. The highest BCUT2D eigenvalue weighted by Gasteiger charge is 2.11. The number of nitrogens with zero attached hydrogens (tertiary/aromatic N) is 1. The van der Waals surface area contributed by atoms with Crippen molar-refractivity contribution in [1.29, 1.82) is 0 Å². The van der Waals surface area contributed by atoms with Gasteiger partial charge in [0.25, 0.3) is 0 Å². The molecule has 0 aromatic carbocycles. The highest BCUT2D eigenvalue weighted by Crippen LogP contribution is 2.13. The van der Waals surface area contributed by atoms with Crippen LogP contribution in [0.4, 0.5) is 0 Å². The molecule has 0 aliphatic carbocycles. The van der Waals surface area contributed by atoms with Crippen LogP contribution in [-0.2, 0) is 7.05 Å². The maximum Gasteiger partial charge on any atom is 0.179 e. The largest absolute Gasteiger partial charge is 0.351 e. The number of hydrogen-bond donors (Lipinski definition) is 0. The Hall–Kier alpha value is -0.760. The predicted octanol–water partition coefficient (Wildman–Crippen LogP) is 2.06. The topological polar surface area (TPSA) is 22.0 Å². The van der Waals surface area contributed by atoms with Crippen molar-refractivity contribution >= 4 is 17.4 Å². The molecular weight excluding hydrogens is 174 g/mol. The van der Waals surface area contributed by atoms with E-state index in [2.05, 4.69) is 0 Å². The molecule has 3 heteroatoms. The molecule has 0 atom stereocenters. The molecule has 0 radical (unpaired) electrons. The van der Waals surface area contributed by atoms with Gasteiger partial charge < -0.3 is 4.57 Å². The number of Topliss-reactive ketones (excluding diaryl/α,β-unsaturated/α-hetero) is 1. The van der Waals surface area contributed by atoms with Crippen LogP contribution >= 0.6 is 11.6 Å². The van der Waals surface area contributed by atoms with E-state index in [4.69, 9.17) is 11.6 Å². The zero-order valence-corrected chi connectivity index (χ0v) is 8.27. The number of rotatable bonds is 2. The highest BCUT2D eigenvalue weighted by atomic mass is 35.5. The summed E-state index contributed by atoms with van der Waals surface area (Å²) < 4.78 is 1.99. The van der Waals surface area contributed by atoms with Crippen molar-refractivity contribution in [3.8, 4) is 0 Å². The van der Waals surface area contributed by atoms with Crippen molar-refractivity contribution in [3.63, 3.8) is 0 Å². The summed E-state index contributed by atoms with van der Waals surface area (Å²) in [6, 6.07) is 1.88. The van der Waals surface area contributed by atoms with Crippen molar-refractivity contribution < 1.29 is 4.79 Å². The highest BCUT2D eigenvalue weighted by molar-refractivity contribution is 6.30. The maximum atomic E-state index is 11.3. The van der Waals surface area contributed by atoms with Crippen LogP contribution in [0.3, 0.4) is 0 Å². The van der Waals surface area contributed by atoms with Gasteiger partial charge in [-0.3, -0.25) is 4.79 Å². The second-order valence-electron chi connectivity index (χ2n) is 2.90. The van der Waals surface area contributed by atoms with E-state index in [1.807, 2.05) is 31.5 Å². The first-order valence-corrected chi connectivity index (χ1v) is 4.33. The van der Waals surface area contributed by atoms with E-state index in [1.54, 1.807) is 0 Å². The third-order valence-corrected chi connectivity index (χ3v) is 2.44. The Bertz CT molecular complexity index is 315. The van der Waals surface area contributed by atoms with Crippen LogP contribution < -0.4 is 0 Å². The Morgan fingerprint density at radius 3 is 2.50 bits per heavy atom. The van der Waals surface area contributed by atoms with Crippen molar-refractivity contribution in [1.82, 2.24) is 4.57 Å². The molecule has 0 fully saturated rings. The van der Waals surface area contributed by atoms with Gasteiger partial charge in [0.1, 0.15) is 0 Å². The van der Waals surface area contributed by atoms with Gasteiger partial charge in [-0.2, -0.15) is 0 Å². The fraction of sp³-hybridized carbons (Fsp3) is 0.444. The molecule has 0 aliphatic rings. The summed E-state index contributed by atoms with van der Waals surface area (Å²) in [6.07, 6.45) is 0. The first-order chi connectivity index (χ1) is 5.57. The second-order valence-corrected chi connectivity index (χ2v) is 3.17. The number of alkyl halides is 1. The number of halogens is 1. The predicted molar refractivity (Wildman–Crippen MR) is 49.9 cm³/mol. The van der Waals surface area contributed by atoms with E-state index in [0.717, 1.165) is 17.0 Å². The van der Waals surface area contributed by atoms with Crippen molar-refractivity contribution in [2.24, 2.45) is 7.05 Å². The number of ketones is 1. The summed E-state index contributed by atoms with van der Waals surface area (Å²) in [5, 5.41) is 0. The summed E-state index contributed by atoms with van der Waals surface area (Å²) in [5.74, 6) is 0.0578. The fourth-order valence-corrected chi connectivity index (χ4v) is 1.35. The van der Waals surface area contributed by atoms with Crippen LogP contribution in [0, 0.1) is 13.8 Å². The molecular formula is C9H12ClNO. The van der Waals surface area contributed by atoms with Gasteiger partial charge in [0.2, 0.25) is 0 Å². The van der Waals surface area contributed by atoms with Gasteiger partial charge in [0, 0.05) is 24.0 Å². The zero-order valence-electron chi connectivity index (χ0n) is 7.52. The van der Waals surface area contributed by atoms with Gasteiger partial charge in [-0.25, -0.2) is 0 Å². The molecule has 0 saturated carbocycles. The summed E-state index contributed by atoms with van der Waals surface area (Å²) in [6.45, 7) is 3.89. The van der Waals surface area contributed by atoms with Gasteiger partial charge in [-0.1, -0.05) is 0 Å². The number of carbonyl (C=O) groups is 1. The van der Waals surface area contributed by atoms with Crippen LogP contribution in [0.15, 0.2) is 6.07 Å². The molecule has 0 bridgehead atoms. The second kappa shape index (κ2) is 3.31. The smallest absolute Gasteiger partial charge is 0.179 e. The van der Waals surface area contributed by atoms with Crippen molar-refractivity contribution in [3.05, 3.63) is 23.0 Å². The molecule has 0 spiro atoms. The van der Waals surface area contributed by atoms with E-state index < -0.39 is 0 Å². The minimum atomic E-state index is -0.00198. The lowest BCUT2D eigenvalue weighted by Crippen LogP contribution is -2.02. The lowest BCUT2D eigenvalue weighted by atomic mass is 10.2. The van der Waals surface area contributed by atoms with Crippen molar-refractivity contribution in [2.45, 2.75) is 13.8 Å². The average molecular weight is 186 g/mol. The van der Waals surface area contributed by atoms with Gasteiger partial charge in [0.15, 0.2) is 5.78 Å². The third-order valence-electron chi connectivity index (χ3n) is 2.20. The van der Waals surface area contributed by atoms with Gasteiger partial charge in [-0.15, -0.1) is 11.6 Å². The Morgan fingerprint density at radius 1 is 1.58 bits per heavy atom.